The first-order chi connectivity index (χ1) is 13.1. The summed E-state index contributed by atoms with van der Waals surface area (Å²) in [5.41, 5.74) is 0.650. The molecule has 11 heteroatoms. The highest BCUT2D eigenvalue weighted by Crippen LogP contribution is 2.26. The summed E-state index contributed by atoms with van der Waals surface area (Å²) in [6.45, 7) is 5.31. The van der Waals surface area contributed by atoms with Crippen molar-refractivity contribution in [2.24, 2.45) is 0 Å². The molecule has 29 heavy (non-hydrogen) atoms. The Balaban J connectivity index is 0.00000150. The molecule has 158 valence electrons. The van der Waals surface area contributed by atoms with Crippen LogP contribution in [0, 0.1) is 10.1 Å². The zero-order valence-electron chi connectivity index (χ0n) is 15.8. The smallest absolute Gasteiger partial charge is 0.294 e. The number of nitro benzene ring substituents is 1. The summed E-state index contributed by atoms with van der Waals surface area (Å²) < 4.78 is 1.57. The van der Waals surface area contributed by atoms with Crippen molar-refractivity contribution < 1.29 is 9.72 Å². The Kier molecular flexibility index (Phi) is 7.97. The van der Waals surface area contributed by atoms with E-state index >= 15 is 0 Å². The van der Waals surface area contributed by atoms with Crippen LogP contribution in [0.4, 0.5) is 5.69 Å². The second-order valence-corrected chi connectivity index (χ2v) is 6.91. The zero-order chi connectivity index (χ0) is 18.8. The largest absolute Gasteiger partial charge is 0.337 e. The number of hydrogen-bond donors (Lipinski definition) is 1. The summed E-state index contributed by atoms with van der Waals surface area (Å²) in [6.07, 6.45) is 5.65. The summed E-state index contributed by atoms with van der Waals surface area (Å²) in [4.78, 5) is 32.1. The lowest BCUT2D eigenvalue weighted by atomic mass is 10.1. The number of hydrogen-bond acceptors (Lipinski definition) is 6. The van der Waals surface area contributed by atoms with Gasteiger partial charge in [-0.1, -0.05) is 0 Å². The molecule has 1 aromatic heterocycles. The Bertz CT molecular complexity index is 842. The predicted octanol–water partition coefficient (Wildman–Crippen LogP) is 1.74. The third-order valence-corrected chi connectivity index (χ3v) is 5.32. The van der Waals surface area contributed by atoms with Gasteiger partial charge >= 0.3 is 0 Å². The zero-order valence-corrected chi connectivity index (χ0v) is 17.4. The van der Waals surface area contributed by atoms with Crippen molar-refractivity contribution in [2.45, 2.75) is 12.5 Å². The number of benzene rings is 1. The second kappa shape index (κ2) is 10.0. The van der Waals surface area contributed by atoms with Gasteiger partial charge in [-0.15, -0.1) is 24.8 Å². The lowest BCUT2D eigenvalue weighted by Gasteiger charge is -2.32. The Labute approximate surface area is 181 Å². The lowest BCUT2D eigenvalue weighted by Crippen LogP contribution is -2.49. The summed E-state index contributed by atoms with van der Waals surface area (Å²) in [5, 5.41) is 14.8. The van der Waals surface area contributed by atoms with Crippen molar-refractivity contribution in [2.75, 3.05) is 39.3 Å². The number of piperazine rings is 1. The van der Waals surface area contributed by atoms with E-state index in [1.807, 2.05) is 4.90 Å². The molecule has 0 spiro atoms. The number of carbonyl (C=O) groups excluding carboxylic acids is 1. The molecule has 2 saturated heterocycles. The van der Waals surface area contributed by atoms with Gasteiger partial charge in [0.2, 0.25) is 0 Å². The van der Waals surface area contributed by atoms with Crippen LogP contribution < -0.4 is 5.32 Å². The van der Waals surface area contributed by atoms with Crippen LogP contribution in [-0.4, -0.2) is 75.5 Å². The Hall–Kier alpha value is -2.20. The molecule has 1 unspecified atom stereocenters. The van der Waals surface area contributed by atoms with E-state index in [-0.39, 0.29) is 36.4 Å². The van der Waals surface area contributed by atoms with Crippen molar-refractivity contribution in [3.8, 4) is 5.69 Å². The molecule has 0 radical (unpaired) electrons. The molecule has 3 heterocycles. The minimum absolute atomic E-state index is 0. The predicted molar refractivity (Wildman–Crippen MR) is 113 cm³/mol. The van der Waals surface area contributed by atoms with E-state index in [1.54, 1.807) is 29.1 Å². The first-order valence-electron chi connectivity index (χ1n) is 9.14. The number of nitrogens with zero attached hydrogens (tertiary/aromatic N) is 5. The fourth-order valence-corrected chi connectivity index (χ4v) is 3.88. The maximum atomic E-state index is 12.9. The van der Waals surface area contributed by atoms with E-state index in [2.05, 4.69) is 15.2 Å². The second-order valence-electron chi connectivity index (χ2n) is 6.91. The highest BCUT2D eigenvalue weighted by Gasteiger charge is 2.32. The van der Waals surface area contributed by atoms with E-state index in [1.165, 1.54) is 12.4 Å². The van der Waals surface area contributed by atoms with E-state index in [0.29, 0.717) is 30.4 Å². The van der Waals surface area contributed by atoms with Gasteiger partial charge in [-0.2, -0.15) is 0 Å². The average molecular weight is 443 g/mol. The molecule has 0 saturated carbocycles. The molecule has 1 amide bonds. The van der Waals surface area contributed by atoms with Crippen molar-refractivity contribution in [3.63, 3.8) is 0 Å². The number of halogens is 2. The molecule has 0 bridgehead atoms. The molecular weight excluding hydrogens is 419 g/mol. The van der Waals surface area contributed by atoms with E-state index < -0.39 is 4.92 Å². The number of carbonyl (C=O) groups is 1. The van der Waals surface area contributed by atoms with Crippen LogP contribution in [0.5, 0.6) is 0 Å². The topological polar surface area (TPSA) is 96.5 Å². The number of amides is 1. The van der Waals surface area contributed by atoms with Crippen molar-refractivity contribution in [1.82, 2.24) is 24.7 Å². The quantitative estimate of drug-likeness (QED) is 0.572. The molecule has 1 aromatic carbocycles. The van der Waals surface area contributed by atoms with Crippen LogP contribution in [0.15, 0.2) is 36.9 Å². The van der Waals surface area contributed by atoms with Gasteiger partial charge in [0.15, 0.2) is 0 Å². The van der Waals surface area contributed by atoms with Gasteiger partial charge in [0.05, 0.1) is 11.3 Å². The third kappa shape index (κ3) is 4.87. The first-order valence-corrected chi connectivity index (χ1v) is 9.14. The molecule has 2 aliphatic rings. The molecule has 1 atom stereocenters. The summed E-state index contributed by atoms with van der Waals surface area (Å²) in [6, 6.07) is 5.01. The van der Waals surface area contributed by atoms with Crippen molar-refractivity contribution in [3.05, 3.63) is 52.6 Å². The van der Waals surface area contributed by atoms with E-state index in [4.69, 9.17) is 0 Å². The fourth-order valence-electron chi connectivity index (χ4n) is 3.88. The SMILES string of the molecule is Cl.Cl.O=C(c1ccc(-n2ccnc2)c([N+](=O)[O-])c1)N1CCC(N2CCNCC2)C1. The molecule has 4 rings (SSSR count). The van der Waals surface area contributed by atoms with Crippen LogP contribution in [-0.2, 0) is 0 Å². The average Bonchev–Trinajstić information content (AvgIpc) is 3.40. The van der Waals surface area contributed by atoms with Gasteiger partial charge in [-0.25, -0.2) is 4.98 Å². The van der Waals surface area contributed by atoms with Crippen LogP contribution >= 0.6 is 24.8 Å². The monoisotopic (exact) mass is 442 g/mol. The highest BCUT2D eigenvalue weighted by atomic mass is 35.5. The summed E-state index contributed by atoms with van der Waals surface area (Å²) >= 11 is 0. The van der Waals surface area contributed by atoms with Gasteiger partial charge in [-0.3, -0.25) is 19.8 Å². The number of nitro groups is 1. The van der Waals surface area contributed by atoms with Gasteiger partial charge in [0.25, 0.3) is 11.6 Å². The molecule has 9 nitrogen and oxygen atoms in total. The van der Waals surface area contributed by atoms with Crippen LogP contribution in [0.3, 0.4) is 0 Å². The summed E-state index contributed by atoms with van der Waals surface area (Å²) in [7, 11) is 0. The van der Waals surface area contributed by atoms with E-state index in [0.717, 1.165) is 32.6 Å². The van der Waals surface area contributed by atoms with Crippen molar-refractivity contribution in [1.29, 1.82) is 0 Å². The molecular formula is C18H24Cl2N6O3. The van der Waals surface area contributed by atoms with Gasteiger partial charge in [-0.05, 0) is 18.6 Å². The molecule has 1 N–H and O–H groups in total. The molecule has 0 aliphatic carbocycles. The van der Waals surface area contributed by atoms with Crippen molar-refractivity contribution >= 4 is 36.4 Å². The summed E-state index contributed by atoms with van der Waals surface area (Å²) in [5.74, 6) is -0.145. The first kappa shape index (κ1) is 23.1. The molecule has 2 aliphatic heterocycles. The number of nitrogens with one attached hydrogen (secondary N) is 1. The minimum atomic E-state index is -0.459. The third-order valence-electron chi connectivity index (χ3n) is 5.32. The number of imidazole rings is 1. The Morgan fingerprint density at radius 1 is 1.21 bits per heavy atom. The normalized spacial score (nSPS) is 19.3. The number of likely N-dealkylation sites (tertiary alicyclic amines) is 1. The van der Waals surface area contributed by atoms with E-state index in [9.17, 15) is 14.9 Å². The fraction of sp³-hybridized carbons (Fsp3) is 0.444. The van der Waals surface area contributed by atoms with Crippen LogP contribution in [0.25, 0.3) is 5.69 Å². The maximum Gasteiger partial charge on any atom is 0.294 e. The standard InChI is InChI=1S/C18H22N6O3.2ClH/c25-18(22-7-3-15(12-22)21-8-4-19-5-9-21)14-1-2-16(17(11-14)24(26)27)23-10-6-20-13-23;;/h1-2,6,10-11,13,15,19H,3-5,7-9,12H2;2*1H. The Morgan fingerprint density at radius 3 is 2.62 bits per heavy atom. The number of rotatable bonds is 4. The Morgan fingerprint density at radius 2 is 1.97 bits per heavy atom. The number of aromatic nitrogens is 2. The van der Waals surface area contributed by atoms with Gasteiger partial charge < -0.3 is 14.8 Å². The highest BCUT2D eigenvalue weighted by molar-refractivity contribution is 5.95. The van der Waals surface area contributed by atoms with Crippen LogP contribution in [0.2, 0.25) is 0 Å². The molecule has 2 aromatic rings. The molecule has 2 fully saturated rings. The van der Waals surface area contributed by atoms with Crippen LogP contribution in [0.1, 0.15) is 16.8 Å². The lowest BCUT2D eigenvalue weighted by molar-refractivity contribution is -0.384. The maximum absolute atomic E-state index is 12.9. The van der Waals surface area contributed by atoms with Gasteiger partial charge in [0.1, 0.15) is 5.69 Å². The van der Waals surface area contributed by atoms with Gasteiger partial charge in [0, 0.05) is 69.3 Å². The minimum Gasteiger partial charge on any atom is -0.337 e.